The van der Waals surface area contributed by atoms with Crippen LogP contribution in [0.15, 0.2) is 48.5 Å². The molecule has 0 spiro atoms. The molecule has 0 aliphatic heterocycles. The normalized spacial score (nSPS) is 11.9. The van der Waals surface area contributed by atoms with Crippen LogP contribution in [0, 0.1) is 11.7 Å². The van der Waals surface area contributed by atoms with Crippen molar-refractivity contribution < 1.29 is 18.7 Å². The number of rotatable bonds is 6. The molecular weight excluding hydrogens is 345 g/mol. The van der Waals surface area contributed by atoms with E-state index in [1.165, 1.54) is 24.3 Å². The number of amides is 1. The number of halogens is 2. The van der Waals surface area contributed by atoms with Crippen LogP contribution in [-0.2, 0) is 16.1 Å². The molecule has 6 heteroatoms. The average molecular weight is 364 g/mol. The predicted octanol–water partition coefficient (Wildman–Crippen LogP) is 3.98. The minimum atomic E-state index is -0.801. The summed E-state index contributed by atoms with van der Waals surface area (Å²) in [6.07, 6.45) is 0. The molecule has 2 aromatic carbocycles. The van der Waals surface area contributed by atoms with E-state index in [9.17, 15) is 14.0 Å². The molecule has 2 rings (SSSR count). The van der Waals surface area contributed by atoms with E-state index in [-0.39, 0.29) is 18.1 Å². The van der Waals surface area contributed by atoms with E-state index < -0.39 is 23.7 Å². The minimum Gasteiger partial charge on any atom is -0.459 e. The van der Waals surface area contributed by atoms with Crippen molar-refractivity contribution in [1.82, 2.24) is 5.32 Å². The van der Waals surface area contributed by atoms with Crippen molar-refractivity contribution in [2.24, 2.45) is 5.92 Å². The lowest BCUT2D eigenvalue weighted by Gasteiger charge is -2.21. The van der Waals surface area contributed by atoms with E-state index in [2.05, 4.69) is 5.32 Å². The Hall–Kier alpha value is -2.40. The zero-order valence-electron chi connectivity index (χ0n) is 14.0. The molecule has 25 heavy (non-hydrogen) atoms. The van der Waals surface area contributed by atoms with E-state index in [4.69, 9.17) is 16.3 Å². The Bertz CT molecular complexity index is 729. The first-order valence-electron chi connectivity index (χ1n) is 7.84. The lowest BCUT2D eigenvalue weighted by molar-refractivity contribution is -0.148. The summed E-state index contributed by atoms with van der Waals surface area (Å²) in [4.78, 5) is 24.6. The lowest BCUT2D eigenvalue weighted by Crippen LogP contribution is -2.45. The summed E-state index contributed by atoms with van der Waals surface area (Å²) in [5, 5.41) is 3.24. The third-order valence-electron chi connectivity index (χ3n) is 3.61. The molecule has 0 saturated carbocycles. The quantitative estimate of drug-likeness (QED) is 0.790. The maximum atomic E-state index is 12.9. The van der Waals surface area contributed by atoms with Crippen molar-refractivity contribution in [1.29, 1.82) is 0 Å². The molecule has 1 atom stereocenters. The number of nitrogens with one attached hydrogen (secondary N) is 1. The second kappa shape index (κ2) is 8.62. The summed E-state index contributed by atoms with van der Waals surface area (Å²) in [6.45, 7) is 3.70. The van der Waals surface area contributed by atoms with Crippen LogP contribution < -0.4 is 5.32 Å². The Morgan fingerprint density at radius 1 is 1.08 bits per heavy atom. The Morgan fingerprint density at radius 2 is 1.68 bits per heavy atom. The van der Waals surface area contributed by atoms with Gasteiger partial charge in [0.25, 0.3) is 5.91 Å². The lowest BCUT2D eigenvalue weighted by atomic mass is 10.0. The summed E-state index contributed by atoms with van der Waals surface area (Å²) in [5.41, 5.74) is 1.07. The third-order valence-corrected chi connectivity index (χ3v) is 3.86. The Morgan fingerprint density at radius 3 is 2.24 bits per heavy atom. The van der Waals surface area contributed by atoms with Gasteiger partial charge in [0.05, 0.1) is 0 Å². The second-order valence-electron chi connectivity index (χ2n) is 5.94. The van der Waals surface area contributed by atoms with Gasteiger partial charge in [-0.25, -0.2) is 9.18 Å². The van der Waals surface area contributed by atoms with E-state index >= 15 is 0 Å². The van der Waals surface area contributed by atoms with Gasteiger partial charge < -0.3 is 10.1 Å². The fraction of sp³-hybridized carbons (Fsp3) is 0.263. The topological polar surface area (TPSA) is 55.4 Å². The van der Waals surface area contributed by atoms with Gasteiger partial charge in [-0.3, -0.25) is 4.79 Å². The average Bonchev–Trinajstić information content (AvgIpc) is 2.59. The standard InChI is InChI=1S/C19H19ClFNO3/c1-12(2)17(22-18(23)14-5-9-16(21)10-6-14)19(24)25-11-13-3-7-15(20)8-4-13/h3-10,12,17H,11H2,1-2H3,(H,22,23)/t17-/m0/s1. The zero-order valence-corrected chi connectivity index (χ0v) is 14.7. The SMILES string of the molecule is CC(C)[C@H](NC(=O)c1ccc(F)cc1)C(=O)OCc1ccc(Cl)cc1. The molecule has 0 aliphatic rings. The summed E-state index contributed by atoms with van der Waals surface area (Å²) in [6, 6.07) is 11.2. The molecule has 0 heterocycles. The van der Waals surface area contributed by atoms with Gasteiger partial charge >= 0.3 is 5.97 Å². The van der Waals surface area contributed by atoms with Gasteiger partial charge in [-0.2, -0.15) is 0 Å². The molecule has 1 amide bonds. The van der Waals surface area contributed by atoms with Crippen molar-refractivity contribution in [3.63, 3.8) is 0 Å². The molecule has 132 valence electrons. The maximum Gasteiger partial charge on any atom is 0.329 e. The number of hydrogen-bond donors (Lipinski definition) is 1. The molecule has 2 aromatic rings. The molecule has 0 saturated heterocycles. The monoisotopic (exact) mass is 363 g/mol. The van der Waals surface area contributed by atoms with Gasteiger partial charge in [0.15, 0.2) is 0 Å². The van der Waals surface area contributed by atoms with E-state index in [0.717, 1.165) is 5.56 Å². The molecule has 0 aliphatic carbocycles. The summed E-state index contributed by atoms with van der Waals surface area (Å²) in [7, 11) is 0. The van der Waals surface area contributed by atoms with E-state index in [1.807, 2.05) is 0 Å². The highest BCUT2D eigenvalue weighted by Gasteiger charge is 2.26. The van der Waals surface area contributed by atoms with Gasteiger partial charge in [0.2, 0.25) is 0 Å². The number of ether oxygens (including phenoxy) is 1. The highest BCUT2D eigenvalue weighted by molar-refractivity contribution is 6.30. The fourth-order valence-corrected chi connectivity index (χ4v) is 2.27. The van der Waals surface area contributed by atoms with Gasteiger partial charge in [-0.1, -0.05) is 37.6 Å². The molecule has 0 radical (unpaired) electrons. The van der Waals surface area contributed by atoms with Crippen LogP contribution in [0.4, 0.5) is 4.39 Å². The first kappa shape index (κ1) is 18.9. The molecular formula is C19H19ClFNO3. The number of carbonyl (C=O) groups excluding carboxylic acids is 2. The molecule has 1 N–H and O–H groups in total. The minimum absolute atomic E-state index is 0.0889. The van der Waals surface area contributed by atoms with Crippen LogP contribution in [0.25, 0.3) is 0 Å². The Balaban J connectivity index is 1.98. The smallest absolute Gasteiger partial charge is 0.329 e. The molecule has 0 unspecified atom stereocenters. The maximum absolute atomic E-state index is 12.9. The van der Waals surface area contributed by atoms with E-state index in [1.54, 1.807) is 38.1 Å². The van der Waals surface area contributed by atoms with Crippen molar-refractivity contribution >= 4 is 23.5 Å². The third kappa shape index (κ3) is 5.57. The highest BCUT2D eigenvalue weighted by Crippen LogP contribution is 2.12. The van der Waals surface area contributed by atoms with Crippen LogP contribution in [0.1, 0.15) is 29.8 Å². The van der Waals surface area contributed by atoms with Crippen LogP contribution in [0.2, 0.25) is 5.02 Å². The second-order valence-corrected chi connectivity index (χ2v) is 6.37. The first-order valence-corrected chi connectivity index (χ1v) is 8.22. The molecule has 0 bridgehead atoms. The summed E-state index contributed by atoms with van der Waals surface area (Å²) in [5.74, 6) is -1.58. The van der Waals surface area contributed by atoms with Crippen molar-refractivity contribution in [2.45, 2.75) is 26.5 Å². The van der Waals surface area contributed by atoms with E-state index in [0.29, 0.717) is 5.02 Å². The molecule has 4 nitrogen and oxygen atoms in total. The number of carbonyl (C=O) groups is 2. The molecule has 0 aromatic heterocycles. The van der Waals surface area contributed by atoms with Crippen LogP contribution in [0.3, 0.4) is 0 Å². The molecule has 0 fully saturated rings. The first-order chi connectivity index (χ1) is 11.9. The van der Waals surface area contributed by atoms with Gasteiger partial charge in [-0.15, -0.1) is 0 Å². The van der Waals surface area contributed by atoms with Crippen LogP contribution >= 0.6 is 11.6 Å². The Labute approximate surface area is 150 Å². The van der Waals surface area contributed by atoms with Gasteiger partial charge in [-0.05, 0) is 47.9 Å². The van der Waals surface area contributed by atoms with Crippen molar-refractivity contribution in [3.8, 4) is 0 Å². The largest absolute Gasteiger partial charge is 0.459 e. The summed E-state index contributed by atoms with van der Waals surface area (Å²) < 4.78 is 18.2. The number of hydrogen-bond acceptors (Lipinski definition) is 3. The van der Waals surface area contributed by atoms with Crippen molar-refractivity contribution in [2.75, 3.05) is 0 Å². The van der Waals surface area contributed by atoms with Crippen LogP contribution in [-0.4, -0.2) is 17.9 Å². The highest BCUT2D eigenvalue weighted by atomic mass is 35.5. The van der Waals surface area contributed by atoms with Crippen LogP contribution in [0.5, 0.6) is 0 Å². The number of benzene rings is 2. The summed E-state index contributed by atoms with van der Waals surface area (Å²) >= 11 is 5.81. The van der Waals surface area contributed by atoms with Gasteiger partial charge in [0.1, 0.15) is 18.5 Å². The zero-order chi connectivity index (χ0) is 18.4. The predicted molar refractivity (Wildman–Crippen MR) is 93.7 cm³/mol. The number of esters is 1. The Kier molecular flexibility index (Phi) is 6.53. The van der Waals surface area contributed by atoms with Crippen molar-refractivity contribution in [3.05, 3.63) is 70.5 Å². The van der Waals surface area contributed by atoms with Gasteiger partial charge in [0, 0.05) is 10.6 Å². The fourth-order valence-electron chi connectivity index (χ4n) is 2.15.